The highest BCUT2D eigenvalue weighted by Gasteiger charge is 2.38. The Morgan fingerprint density at radius 2 is 1.49 bits per heavy atom. The summed E-state index contributed by atoms with van der Waals surface area (Å²) in [6, 6.07) is -4.63. The molecule has 0 saturated heterocycles. The third-order valence-electron chi connectivity index (χ3n) is 8.61. The highest BCUT2D eigenvalue weighted by atomic mass is 16.6. The molecule has 0 bridgehead atoms. The number of hydrogen-bond acceptors (Lipinski definition) is 11. The molecule has 53 heavy (non-hydrogen) atoms. The molecule has 17 nitrogen and oxygen atoms in total. The molecule has 2 rings (SSSR count). The van der Waals surface area contributed by atoms with Crippen LogP contribution in [0.1, 0.15) is 106 Å². The molecular weight excluding hydrogens is 690 g/mol. The molecular formula is C36H59N7O10. The van der Waals surface area contributed by atoms with Crippen molar-refractivity contribution in [2.24, 2.45) is 13.0 Å². The minimum Gasteiger partial charge on any atom is -0.467 e. The molecule has 1 aliphatic rings. The minimum atomic E-state index is -1.63. The van der Waals surface area contributed by atoms with Crippen molar-refractivity contribution in [3.8, 4) is 0 Å². The predicted octanol–water partition coefficient (Wildman–Crippen LogP) is 1.71. The number of esters is 2. The summed E-state index contributed by atoms with van der Waals surface area (Å²) in [5.41, 5.74) is -1.83. The number of nitrogens with one attached hydrogen (secondary N) is 5. The summed E-state index contributed by atoms with van der Waals surface area (Å²) in [5.74, 6) is -4.59. The van der Waals surface area contributed by atoms with Crippen LogP contribution in [0, 0.1) is 5.92 Å². The third kappa shape index (κ3) is 15.1. The maximum Gasteiger partial charge on any atom is 0.408 e. The fourth-order valence-electron chi connectivity index (χ4n) is 5.53. The first-order valence-corrected chi connectivity index (χ1v) is 18.1. The Hall–Kier alpha value is -4.70. The van der Waals surface area contributed by atoms with Crippen molar-refractivity contribution in [2.45, 2.75) is 148 Å². The molecule has 1 aromatic rings. The Labute approximate surface area is 311 Å². The Morgan fingerprint density at radius 3 is 2.04 bits per heavy atom. The molecule has 5 amide bonds. The van der Waals surface area contributed by atoms with E-state index in [1.165, 1.54) is 27.9 Å². The first kappa shape index (κ1) is 44.5. The molecule has 1 fully saturated rings. The van der Waals surface area contributed by atoms with Crippen molar-refractivity contribution >= 4 is 41.7 Å². The molecule has 0 spiro atoms. The second-order valence-corrected chi connectivity index (χ2v) is 15.3. The van der Waals surface area contributed by atoms with E-state index in [4.69, 9.17) is 9.47 Å². The highest BCUT2D eigenvalue weighted by molar-refractivity contribution is 5.97. The summed E-state index contributed by atoms with van der Waals surface area (Å²) in [6.07, 6.45) is 6.30. The van der Waals surface area contributed by atoms with Crippen molar-refractivity contribution in [2.75, 3.05) is 7.11 Å². The van der Waals surface area contributed by atoms with E-state index in [0.717, 1.165) is 32.1 Å². The van der Waals surface area contributed by atoms with Crippen LogP contribution in [0.3, 0.4) is 0 Å². The van der Waals surface area contributed by atoms with Gasteiger partial charge in [-0.3, -0.25) is 24.0 Å². The fraction of sp³-hybridized carbons (Fsp3) is 0.722. The molecule has 17 heteroatoms. The molecule has 1 aliphatic carbocycles. The third-order valence-corrected chi connectivity index (χ3v) is 8.61. The second kappa shape index (κ2) is 19.9. The lowest BCUT2D eigenvalue weighted by Gasteiger charge is -2.32. The standard InChI is InChI=1S/C36H59N7O10/c1-21(2)28(41-30(46)26(18-23-19-37-20-43(23)9)40-34(50)53-35(4,5)6)31(47)42-36(7,8)33(49)39-25(29(45)38-22(3)32(48)51-10)16-17-27(44)52-24-14-12-11-13-15-24/h19-22,24-26,28H,11-18H2,1-10H3,(H,38,45)(H,39,49)(H,40,50)(H,41,46)(H,42,47)/t22-,25-,26-,28+/m0/s1. The predicted molar refractivity (Wildman–Crippen MR) is 193 cm³/mol. The van der Waals surface area contributed by atoms with Gasteiger partial charge in [0.2, 0.25) is 23.6 Å². The number of rotatable bonds is 17. The van der Waals surface area contributed by atoms with E-state index >= 15 is 0 Å². The van der Waals surface area contributed by atoms with Crippen LogP contribution in [0.2, 0.25) is 0 Å². The van der Waals surface area contributed by atoms with Gasteiger partial charge in [-0.05, 0) is 79.6 Å². The fourth-order valence-corrected chi connectivity index (χ4v) is 5.53. The number of methoxy groups -OCH3 is 1. The van der Waals surface area contributed by atoms with Crippen LogP contribution in [0.25, 0.3) is 0 Å². The van der Waals surface area contributed by atoms with E-state index in [0.29, 0.717) is 5.69 Å². The zero-order valence-corrected chi connectivity index (χ0v) is 32.8. The molecule has 0 aliphatic heterocycles. The number of hydrogen-bond donors (Lipinski definition) is 5. The monoisotopic (exact) mass is 749 g/mol. The van der Waals surface area contributed by atoms with Gasteiger partial charge in [0.1, 0.15) is 41.4 Å². The Balaban J connectivity index is 2.20. The minimum absolute atomic E-state index is 0.0359. The van der Waals surface area contributed by atoms with Gasteiger partial charge in [-0.2, -0.15) is 0 Å². The SMILES string of the molecule is COC(=O)[C@H](C)NC(=O)[C@H](CCC(=O)OC1CCCCC1)NC(=O)C(C)(C)NC(=O)[C@H](NC(=O)[C@H](Cc1cncn1C)NC(=O)OC(C)(C)C)C(C)C. The van der Waals surface area contributed by atoms with Gasteiger partial charge in [0.05, 0.1) is 13.4 Å². The van der Waals surface area contributed by atoms with Crippen molar-refractivity contribution in [1.29, 1.82) is 0 Å². The summed E-state index contributed by atoms with van der Waals surface area (Å²) in [5, 5.41) is 13.0. The zero-order chi connectivity index (χ0) is 40.1. The summed E-state index contributed by atoms with van der Waals surface area (Å²) in [6.45, 7) is 12.7. The molecule has 0 unspecified atom stereocenters. The first-order valence-electron chi connectivity index (χ1n) is 18.1. The number of amides is 5. The maximum atomic E-state index is 13.7. The van der Waals surface area contributed by atoms with Gasteiger partial charge in [0, 0.05) is 31.8 Å². The van der Waals surface area contributed by atoms with E-state index < -0.39 is 82.9 Å². The second-order valence-electron chi connectivity index (χ2n) is 15.3. The number of nitrogens with zero attached hydrogens (tertiary/aromatic N) is 2. The molecule has 0 aromatic carbocycles. The molecule has 4 atom stereocenters. The van der Waals surface area contributed by atoms with E-state index in [1.54, 1.807) is 58.8 Å². The Bertz CT molecular complexity index is 1450. The number of imidazole rings is 1. The maximum absolute atomic E-state index is 13.7. The molecule has 1 heterocycles. The molecule has 1 aromatic heterocycles. The van der Waals surface area contributed by atoms with Crippen molar-refractivity contribution in [3.05, 3.63) is 18.2 Å². The zero-order valence-electron chi connectivity index (χ0n) is 32.8. The Morgan fingerprint density at radius 1 is 0.868 bits per heavy atom. The summed E-state index contributed by atoms with van der Waals surface area (Å²) in [7, 11) is 2.90. The number of ether oxygens (including phenoxy) is 3. The van der Waals surface area contributed by atoms with Crippen molar-refractivity contribution < 1.29 is 47.8 Å². The van der Waals surface area contributed by atoms with E-state index in [-0.39, 0.29) is 25.4 Å². The van der Waals surface area contributed by atoms with Crippen LogP contribution in [0.5, 0.6) is 0 Å². The van der Waals surface area contributed by atoms with E-state index in [9.17, 15) is 33.6 Å². The molecule has 298 valence electrons. The normalized spacial score (nSPS) is 15.9. The van der Waals surface area contributed by atoms with Gasteiger partial charge in [-0.1, -0.05) is 20.3 Å². The van der Waals surface area contributed by atoms with Gasteiger partial charge in [0.15, 0.2) is 0 Å². The van der Waals surface area contributed by atoms with Gasteiger partial charge in [0.25, 0.3) is 0 Å². The van der Waals surface area contributed by atoms with Gasteiger partial charge < -0.3 is 45.4 Å². The molecule has 1 saturated carbocycles. The van der Waals surface area contributed by atoms with Crippen LogP contribution in [-0.4, -0.2) is 99.7 Å². The van der Waals surface area contributed by atoms with Crippen LogP contribution in [0.4, 0.5) is 4.79 Å². The quantitative estimate of drug-likeness (QED) is 0.114. The van der Waals surface area contributed by atoms with Gasteiger partial charge in [-0.15, -0.1) is 0 Å². The summed E-state index contributed by atoms with van der Waals surface area (Å²) < 4.78 is 17.3. The van der Waals surface area contributed by atoms with Crippen LogP contribution in [0.15, 0.2) is 12.5 Å². The smallest absolute Gasteiger partial charge is 0.408 e. The number of aromatic nitrogens is 2. The summed E-state index contributed by atoms with van der Waals surface area (Å²) in [4.78, 5) is 95.7. The van der Waals surface area contributed by atoms with Crippen molar-refractivity contribution in [3.63, 3.8) is 0 Å². The first-order chi connectivity index (χ1) is 24.6. The number of alkyl carbamates (subject to hydrolysis) is 1. The van der Waals surface area contributed by atoms with E-state index in [2.05, 4.69) is 36.3 Å². The lowest BCUT2D eigenvalue weighted by atomic mass is 9.97. The average molecular weight is 750 g/mol. The largest absolute Gasteiger partial charge is 0.467 e. The lowest BCUT2D eigenvalue weighted by Crippen LogP contribution is -2.63. The van der Waals surface area contributed by atoms with Crippen LogP contribution < -0.4 is 26.6 Å². The topological polar surface area (TPSA) is 225 Å². The van der Waals surface area contributed by atoms with Gasteiger partial charge >= 0.3 is 18.0 Å². The van der Waals surface area contributed by atoms with Crippen LogP contribution in [-0.2, 0) is 56.4 Å². The Kier molecular flexibility index (Phi) is 16.7. The van der Waals surface area contributed by atoms with Crippen molar-refractivity contribution in [1.82, 2.24) is 36.1 Å². The number of carbonyl (C=O) groups excluding carboxylic acids is 7. The lowest BCUT2D eigenvalue weighted by molar-refractivity contribution is -0.151. The van der Waals surface area contributed by atoms with Crippen LogP contribution >= 0.6 is 0 Å². The highest BCUT2D eigenvalue weighted by Crippen LogP contribution is 2.21. The number of aryl methyl sites for hydroxylation is 1. The van der Waals surface area contributed by atoms with E-state index in [1.807, 2.05) is 0 Å². The molecule has 5 N–H and O–H groups in total. The average Bonchev–Trinajstić information content (AvgIpc) is 3.47. The van der Waals surface area contributed by atoms with Gasteiger partial charge in [-0.25, -0.2) is 14.6 Å². The number of carbonyl (C=O) groups is 7. The molecule has 0 radical (unpaired) electrons. The summed E-state index contributed by atoms with van der Waals surface area (Å²) >= 11 is 0.